The highest BCUT2D eigenvalue weighted by molar-refractivity contribution is 14.0. The number of halogens is 4. The minimum absolute atomic E-state index is 0. The van der Waals surface area contributed by atoms with Gasteiger partial charge >= 0.3 is 6.18 Å². The molecule has 0 aliphatic carbocycles. The summed E-state index contributed by atoms with van der Waals surface area (Å²) in [5, 5.41) is 5.99. The third-order valence-corrected chi connectivity index (χ3v) is 1.74. The van der Waals surface area contributed by atoms with E-state index in [0.29, 0.717) is 32.0 Å². The zero-order valence-corrected chi connectivity index (χ0v) is 13.3. The van der Waals surface area contributed by atoms with Crippen LogP contribution in [-0.4, -0.2) is 45.0 Å². The second-order valence-electron chi connectivity index (χ2n) is 3.45. The fourth-order valence-corrected chi connectivity index (χ4v) is 1.06. The molecule has 0 radical (unpaired) electrons. The largest absolute Gasteiger partial charge is 0.411 e. The monoisotopic (exact) mass is 395 g/mol. The first-order valence-corrected chi connectivity index (χ1v) is 5.77. The van der Waals surface area contributed by atoms with Gasteiger partial charge in [0.05, 0.1) is 0 Å². The Morgan fingerprint density at radius 1 is 1.37 bits per heavy atom. The molecule has 0 heterocycles. The first kappa shape index (κ1) is 20.8. The van der Waals surface area contributed by atoms with Gasteiger partial charge in [-0.3, -0.25) is 4.99 Å². The van der Waals surface area contributed by atoms with Crippen LogP contribution < -0.4 is 10.6 Å². The van der Waals surface area contributed by atoms with E-state index in [0.717, 1.165) is 0 Å². The van der Waals surface area contributed by atoms with Crippen molar-refractivity contribution in [2.75, 3.05) is 32.8 Å². The van der Waals surface area contributed by atoms with E-state index in [9.17, 15) is 13.2 Å². The van der Waals surface area contributed by atoms with Crippen LogP contribution >= 0.6 is 24.0 Å². The number of guanidine groups is 1. The lowest BCUT2D eigenvalue weighted by Crippen LogP contribution is -2.37. The normalized spacial score (nSPS) is 11.7. The Balaban J connectivity index is 0. The number of nitrogens with zero attached hydrogens (tertiary/aromatic N) is 1. The second kappa shape index (κ2) is 12.5. The van der Waals surface area contributed by atoms with Gasteiger partial charge in [-0.15, -0.1) is 30.6 Å². The van der Waals surface area contributed by atoms with Gasteiger partial charge in [0.15, 0.2) is 5.96 Å². The molecule has 0 aromatic heterocycles. The molecule has 0 saturated carbocycles. The lowest BCUT2D eigenvalue weighted by molar-refractivity contribution is -0.173. The number of aliphatic imine (C=N–C) groups is 1. The number of hydrogen-bond donors (Lipinski definition) is 2. The summed E-state index contributed by atoms with van der Waals surface area (Å²) in [6.07, 6.45) is -2.12. The van der Waals surface area contributed by atoms with Crippen LogP contribution in [0.25, 0.3) is 0 Å². The van der Waals surface area contributed by atoms with Crippen molar-refractivity contribution in [2.24, 2.45) is 4.99 Å². The second-order valence-corrected chi connectivity index (χ2v) is 3.45. The van der Waals surface area contributed by atoms with Crippen LogP contribution in [0.5, 0.6) is 0 Å². The summed E-state index contributed by atoms with van der Waals surface area (Å²) in [4.78, 5) is 4.17. The van der Waals surface area contributed by atoms with E-state index in [1.54, 1.807) is 6.08 Å². The molecule has 114 valence electrons. The van der Waals surface area contributed by atoms with Gasteiger partial charge in [-0.2, -0.15) is 13.2 Å². The molecule has 19 heavy (non-hydrogen) atoms. The highest BCUT2D eigenvalue weighted by Crippen LogP contribution is 2.14. The van der Waals surface area contributed by atoms with Crippen LogP contribution in [0.1, 0.15) is 13.3 Å². The minimum Gasteiger partial charge on any atom is -0.372 e. The van der Waals surface area contributed by atoms with Crippen molar-refractivity contribution >= 4 is 29.9 Å². The van der Waals surface area contributed by atoms with E-state index in [4.69, 9.17) is 0 Å². The predicted molar refractivity (Wildman–Crippen MR) is 81.1 cm³/mol. The van der Waals surface area contributed by atoms with Gasteiger partial charge in [0.2, 0.25) is 0 Å². The maximum atomic E-state index is 11.8. The maximum absolute atomic E-state index is 11.8. The van der Waals surface area contributed by atoms with Crippen molar-refractivity contribution < 1.29 is 17.9 Å². The number of alkyl halides is 3. The Hall–Kier alpha value is -0.510. The summed E-state index contributed by atoms with van der Waals surface area (Å²) >= 11 is 0. The van der Waals surface area contributed by atoms with Crippen LogP contribution in [0.15, 0.2) is 17.6 Å². The number of hydrogen-bond acceptors (Lipinski definition) is 2. The number of nitrogens with one attached hydrogen (secondary N) is 2. The molecule has 0 amide bonds. The summed E-state index contributed by atoms with van der Waals surface area (Å²) in [5.74, 6) is 0.619. The molecular formula is C11H21F3IN3O. The van der Waals surface area contributed by atoms with Crippen LogP contribution in [0, 0.1) is 0 Å². The van der Waals surface area contributed by atoms with Gasteiger partial charge in [0, 0.05) is 26.2 Å². The molecule has 0 aliphatic heterocycles. The molecule has 0 aliphatic rings. The van der Waals surface area contributed by atoms with Crippen LogP contribution in [0.4, 0.5) is 13.2 Å². The van der Waals surface area contributed by atoms with Crippen molar-refractivity contribution in [3.05, 3.63) is 12.7 Å². The Morgan fingerprint density at radius 2 is 2.05 bits per heavy atom. The number of ether oxygens (including phenoxy) is 1. The third-order valence-electron chi connectivity index (χ3n) is 1.74. The van der Waals surface area contributed by atoms with Gasteiger partial charge in [0.1, 0.15) is 6.61 Å². The average Bonchev–Trinajstić information content (AvgIpc) is 2.29. The van der Waals surface area contributed by atoms with E-state index in [1.165, 1.54) is 0 Å². The average molecular weight is 395 g/mol. The molecule has 8 heteroatoms. The standard InChI is InChI=1S/C11H20F3N3O.HI/c1-3-6-16-10(15-4-2)17-7-5-8-18-9-11(12,13)14;/h3H,1,4-9H2,2H3,(H2,15,16,17);1H. The van der Waals surface area contributed by atoms with E-state index >= 15 is 0 Å². The molecule has 2 N–H and O–H groups in total. The first-order valence-electron chi connectivity index (χ1n) is 5.77. The summed E-state index contributed by atoms with van der Waals surface area (Å²) in [5.41, 5.74) is 0. The molecule has 0 aromatic rings. The van der Waals surface area contributed by atoms with Crippen molar-refractivity contribution in [3.63, 3.8) is 0 Å². The Kier molecular flexibility index (Phi) is 13.7. The molecule has 4 nitrogen and oxygen atoms in total. The van der Waals surface area contributed by atoms with Gasteiger partial charge in [-0.05, 0) is 13.3 Å². The van der Waals surface area contributed by atoms with E-state index < -0.39 is 12.8 Å². The zero-order valence-electron chi connectivity index (χ0n) is 10.9. The van der Waals surface area contributed by atoms with E-state index in [2.05, 4.69) is 26.9 Å². The van der Waals surface area contributed by atoms with Crippen molar-refractivity contribution in [3.8, 4) is 0 Å². The lowest BCUT2D eigenvalue weighted by atomic mass is 10.4. The molecule has 0 spiro atoms. The SMILES string of the molecule is C=CCNC(=NCCCOCC(F)(F)F)NCC.I. The van der Waals surface area contributed by atoms with Gasteiger partial charge in [0.25, 0.3) is 0 Å². The summed E-state index contributed by atoms with van der Waals surface area (Å²) in [7, 11) is 0. The maximum Gasteiger partial charge on any atom is 0.411 e. The minimum atomic E-state index is -4.26. The van der Waals surface area contributed by atoms with Gasteiger partial charge in [-0.1, -0.05) is 6.08 Å². The predicted octanol–water partition coefficient (Wildman–Crippen LogP) is 2.31. The fourth-order valence-electron chi connectivity index (χ4n) is 1.06. The molecule has 0 fully saturated rings. The smallest absolute Gasteiger partial charge is 0.372 e. The molecular weight excluding hydrogens is 374 g/mol. The Bertz CT molecular complexity index is 260. The van der Waals surface area contributed by atoms with Crippen LogP contribution in [-0.2, 0) is 4.74 Å². The quantitative estimate of drug-likeness (QED) is 0.218. The van der Waals surface area contributed by atoms with Crippen LogP contribution in [0.2, 0.25) is 0 Å². The van der Waals surface area contributed by atoms with Gasteiger partial charge in [-0.25, -0.2) is 0 Å². The van der Waals surface area contributed by atoms with Crippen molar-refractivity contribution in [2.45, 2.75) is 19.5 Å². The van der Waals surface area contributed by atoms with Crippen molar-refractivity contribution in [1.29, 1.82) is 0 Å². The van der Waals surface area contributed by atoms with E-state index in [1.807, 2.05) is 6.92 Å². The highest BCUT2D eigenvalue weighted by atomic mass is 127. The zero-order chi connectivity index (χ0) is 13.9. The molecule has 0 atom stereocenters. The molecule has 0 unspecified atom stereocenters. The fraction of sp³-hybridized carbons (Fsp3) is 0.727. The number of rotatable bonds is 8. The Labute approximate surface area is 128 Å². The lowest BCUT2D eigenvalue weighted by Gasteiger charge is -2.09. The topological polar surface area (TPSA) is 45.7 Å². The molecule has 0 aromatic carbocycles. The summed E-state index contributed by atoms with van der Waals surface area (Å²) < 4.78 is 39.7. The highest BCUT2D eigenvalue weighted by Gasteiger charge is 2.27. The van der Waals surface area contributed by atoms with E-state index in [-0.39, 0.29) is 30.6 Å². The molecule has 0 saturated heterocycles. The van der Waals surface area contributed by atoms with Crippen LogP contribution in [0.3, 0.4) is 0 Å². The molecule has 0 bridgehead atoms. The summed E-state index contributed by atoms with van der Waals surface area (Å²) in [6.45, 7) is 6.04. The van der Waals surface area contributed by atoms with Gasteiger partial charge < -0.3 is 15.4 Å². The first-order chi connectivity index (χ1) is 8.49. The third kappa shape index (κ3) is 15.4. The van der Waals surface area contributed by atoms with Crippen molar-refractivity contribution in [1.82, 2.24) is 10.6 Å². The Morgan fingerprint density at radius 3 is 2.58 bits per heavy atom. The molecule has 0 rings (SSSR count). The summed E-state index contributed by atoms with van der Waals surface area (Å²) in [6, 6.07) is 0.